The molecule has 4 rings (SSSR count). The normalized spacial score (nSPS) is 25.5. The maximum atomic E-state index is 13.2. The third-order valence-corrected chi connectivity index (χ3v) is 6.35. The van der Waals surface area contributed by atoms with E-state index in [0.29, 0.717) is 39.3 Å². The van der Waals surface area contributed by atoms with Crippen LogP contribution in [0.25, 0.3) is 0 Å². The van der Waals surface area contributed by atoms with Gasteiger partial charge in [-0.25, -0.2) is 0 Å². The molecule has 6 heteroatoms. The van der Waals surface area contributed by atoms with Crippen LogP contribution in [0.5, 0.6) is 0 Å². The van der Waals surface area contributed by atoms with Gasteiger partial charge in [0, 0.05) is 58.0 Å². The van der Waals surface area contributed by atoms with Gasteiger partial charge < -0.3 is 14.7 Å². The van der Waals surface area contributed by atoms with Crippen LogP contribution in [0, 0.1) is 11.8 Å². The molecular formula is C22H29N3O3. The van der Waals surface area contributed by atoms with Crippen molar-refractivity contribution in [1.82, 2.24) is 14.7 Å². The maximum Gasteiger partial charge on any atom is 0.227 e. The number of likely N-dealkylation sites (tertiary alicyclic amines) is 1. The van der Waals surface area contributed by atoms with Crippen molar-refractivity contribution in [3.8, 4) is 0 Å². The van der Waals surface area contributed by atoms with Gasteiger partial charge in [0.2, 0.25) is 17.7 Å². The molecular weight excluding hydrogens is 354 g/mol. The molecule has 1 aliphatic carbocycles. The summed E-state index contributed by atoms with van der Waals surface area (Å²) in [6, 6.07) is 10.2. The highest BCUT2D eigenvalue weighted by Gasteiger charge is 2.41. The molecule has 3 fully saturated rings. The highest BCUT2D eigenvalue weighted by molar-refractivity contribution is 5.84. The SMILES string of the molecule is CC(=O)N1CCN(C(=O)C2CC(c3ccccc3)CN(C(=O)C3CC3)C2)CC1. The lowest BCUT2D eigenvalue weighted by Gasteiger charge is -2.41. The van der Waals surface area contributed by atoms with Gasteiger partial charge in [-0.2, -0.15) is 0 Å². The van der Waals surface area contributed by atoms with Crippen LogP contribution >= 0.6 is 0 Å². The monoisotopic (exact) mass is 383 g/mol. The van der Waals surface area contributed by atoms with E-state index in [9.17, 15) is 14.4 Å². The van der Waals surface area contributed by atoms with Crippen molar-refractivity contribution in [2.45, 2.75) is 32.1 Å². The molecule has 3 amide bonds. The van der Waals surface area contributed by atoms with E-state index in [1.165, 1.54) is 5.56 Å². The number of hydrogen-bond donors (Lipinski definition) is 0. The van der Waals surface area contributed by atoms with Gasteiger partial charge in [-0.1, -0.05) is 30.3 Å². The molecule has 2 atom stereocenters. The number of piperidine rings is 1. The van der Waals surface area contributed by atoms with Gasteiger partial charge in [0.25, 0.3) is 0 Å². The molecule has 2 saturated heterocycles. The first-order chi connectivity index (χ1) is 13.5. The summed E-state index contributed by atoms with van der Waals surface area (Å²) in [7, 11) is 0. The Morgan fingerprint density at radius 3 is 2.00 bits per heavy atom. The van der Waals surface area contributed by atoms with Crippen LogP contribution in [0.15, 0.2) is 30.3 Å². The van der Waals surface area contributed by atoms with Crippen LogP contribution in [0.1, 0.15) is 37.7 Å². The zero-order chi connectivity index (χ0) is 19.7. The van der Waals surface area contributed by atoms with Crippen molar-refractivity contribution in [3.63, 3.8) is 0 Å². The lowest BCUT2D eigenvalue weighted by atomic mass is 9.83. The van der Waals surface area contributed by atoms with E-state index in [4.69, 9.17) is 0 Å². The Hall–Kier alpha value is -2.37. The number of carbonyl (C=O) groups is 3. The maximum absolute atomic E-state index is 13.2. The first kappa shape index (κ1) is 19.0. The van der Waals surface area contributed by atoms with Crippen molar-refractivity contribution >= 4 is 17.7 Å². The second-order valence-electron chi connectivity index (χ2n) is 8.39. The number of carbonyl (C=O) groups excluding carboxylic acids is 3. The standard InChI is InChI=1S/C22H29N3O3/c1-16(26)23-9-11-24(12-10-23)22(28)20-13-19(17-5-3-2-4-6-17)14-25(15-20)21(27)18-7-8-18/h2-6,18-20H,7-15H2,1H3. The Morgan fingerprint density at radius 1 is 0.786 bits per heavy atom. The molecule has 2 unspecified atom stereocenters. The molecule has 2 heterocycles. The van der Waals surface area contributed by atoms with Gasteiger partial charge >= 0.3 is 0 Å². The Balaban J connectivity index is 1.47. The number of rotatable bonds is 3. The van der Waals surface area contributed by atoms with Crippen LogP contribution in [-0.4, -0.2) is 71.7 Å². The van der Waals surface area contributed by atoms with Crippen LogP contribution in [0.4, 0.5) is 0 Å². The molecule has 1 aromatic rings. The average molecular weight is 383 g/mol. The number of benzene rings is 1. The smallest absolute Gasteiger partial charge is 0.227 e. The number of amides is 3. The van der Waals surface area contributed by atoms with E-state index in [1.807, 2.05) is 28.0 Å². The largest absolute Gasteiger partial charge is 0.341 e. The van der Waals surface area contributed by atoms with Gasteiger partial charge in [0.1, 0.15) is 0 Å². The van der Waals surface area contributed by atoms with Crippen LogP contribution in [0.2, 0.25) is 0 Å². The first-order valence-corrected chi connectivity index (χ1v) is 10.4. The molecule has 1 saturated carbocycles. The molecule has 0 radical (unpaired) electrons. The Bertz CT molecular complexity index is 739. The first-order valence-electron chi connectivity index (χ1n) is 10.4. The van der Waals surface area contributed by atoms with Crippen molar-refractivity contribution in [3.05, 3.63) is 35.9 Å². The van der Waals surface area contributed by atoms with Crippen LogP contribution < -0.4 is 0 Å². The Morgan fingerprint density at radius 2 is 1.39 bits per heavy atom. The zero-order valence-corrected chi connectivity index (χ0v) is 16.5. The minimum Gasteiger partial charge on any atom is -0.341 e. The number of piperazine rings is 1. The summed E-state index contributed by atoms with van der Waals surface area (Å²) in [4.78, 5) is 43.2. The molecule has 28 heavy (non-hydrogen) atoms. The Kier molecular flexibility index (Phi) is 5.38. The van der Waals surface area contributed by atoms with Gasteiger partial charge in [0.05, 0.1) is 5.92 Å². The third-order valence-electron chi connectivity index (χ3n) is 6.35. The highest BCUT2D eigenvalue weighted by Crippen LogP contribution is 2.36. The minimum absolute atomic E-state index is 0.0649. The zero-order valence-electron chi connectivity index (χ0n) is 16.5. The summed E-state index contributed by atoms with van der Waals surface area (Å²) >= 11 is 0. The fraction of sp³-hybridized carbons (Fsp3) is 0.591. The summed E-state index contributed by atoms with van der Waals surface area (Å²) in [5.74, 6) is 0.632. The van der Waals surface area contributed by atoms with E-state index in [-0.39, 0.29) is 35.5 Å². The summed E-state index contributed by atoms with van der Waals surface area (Å²) < 4.78 is 0. The fourth-order valence-corrected chi connectivity index (χ4v) is 4.51. The predicted octanol–water partition coefficient (Wildman–Crippen LogP) is 1.72. The second-order valence-corrected chi connectivity index (χ2v) is 8.39. The lowest BCUT2D eigenvalue weighted by Crippen LogP contribution is -2.54. The molecule has 0 aromatic heterocycles. The van der Waals surface area contributed by atoms with E-state index in [1.54, 1.807) is 11.8 Å². The van der Waals surface area contributed by atoms with E-state index >= 15 is 0 Å². The fourth-order valence-electron chi connectivity index (χ4n) is 4.51. The average Bonchev–Trinajstić information content (AvgIpc) is 3.58. The highest BCUT2D eigenvalue weighted by atomic mass is 16.2. The van der Waals surface area contributed by atoms with E-state index in [2.05, 4.69) is 12.1 Å². The topological polar surface area (TPSA) is 60.9 Å². The van der Waals surface area contributed by atoms with Crippen molar-refractivity contribution in [2.24, 2.45) is 11.8 Å². The van der Waals surface area contributed by atoms with Gasteiger partial charge in [-0.15, -0.1) is 0 Å². The third kappa shape index (κ3) is 4.05. The summed E-state index contributed by atoms with van der Waals surface area (Å²) in [6.45, 7) is 5.18. The minimum atomic E-state index is -0.162. The van der Waals surface area contributed by atoms with Gasteiger partial charge in [0.15, 0.2) is 0 Å². The van der Waals surface area contributed by atoms with Gasteiger partial charge in [-0.05, 0) is 24.8 Å². The quantitative estimate of drug-likeness (QED) is 0.799. The van der Waals surface area contributed by atoms with Crippen molar-refractivity contribution < 1.29 is 14.4 Å². The van der Waals surface area contributed by atoms with Crippen molar-refractivity contribution in [1.29, 1.82) is 0 Å². The molecule has 2 aliphatic heterocycles. The summed E-state index contributed by atoms with van der Waals surface area (Å²) in [5.41, 5.74) is 1.20. The van der Waals surface area contributed by atoms with E-state index in [0.717, 1.165) is 19.3 Å². The van der Waals surface area contributed by atoms with Crippen LogP contribution in [-0.2, 0) is 14.4 Å². The molecule has 0 N–H and O–H groups in total. The van der Waals surface area contributed by atoms with E-state index < -0.39 is 0 Å². The number of nitrogens with zero attached hydrogens (tertiary/aromatic N) is 3. The van der Waals surface area contributed by atoms with Crippen LogP contribution in [0.3, 0.4) is 0 Å². The predicted molar refractivity (Wildman–Crippen MR) is 105 cm³/mol. The summed E-state index contributed by atoms with van der Waals surface area (Å²) in [6.07, 6.45) is 2.75. The molecule has 6 nitrogen and oxygen atoms in total. The number of hydrogen-bond acceptors (Lipinski definition) is 3. The Labute approximate surface area is 166 Å². The molecule has 0 bridgehead atoms. The molecule has 0 spiro atoms. The molecule has 150 valence electrons. The summed E-state index contributed by atoms with van der Waals surface area (Å²) in [5, 5.41) is 0. The lowest BCUT2D eigenvalue weighted by molar-refractivity contribution is -0.145. The van der Waals surface area contributed by atoms with Crippen molar-refractivity contribution in [2.75, 3.05) is 39.3 Å². The van der Waals surface area contributed by atoms with Gasteiger partial charge in [-0.3, -0.25) is 14.4 Å². The molecule has 3 aliphatic rings. The second kappa shape index (κ2) is 7.94. The molecule has 1 aromatic carbocycles.